The van der Waals surface area contributed by atoms with Gasteiger partial charge in [-0.05, 0) is 39.5 Å². The zero-order chi connectivity index (χ0) is 36.1. The summed E-state index contributed by atoms with van der Waals surface area (Å²) < 4.78 is 6.76. The average Bonchev–Trinajstić information content (AvgIpc) is 3.24. The SMILES string of the molecule is O=C1C(N=Cc2ccccc2)[C@H]2SCC(C=P(c3ccccc3)(c3ccccc3)c3ccccc3)(C(=O)OC(c3ccccc3)c3ccccc3)CN12. The van der Waals surface area contributed by atoms with Gasteiger partial charge in [0.05, 0.1) is 0 Å². The van der Waals surface area contributed by atoms with Crippen molar-refractivity contribution in [2.24, 2.45) is 10.4 Å². The van der Waals surface area contributed by atoms with Crippen LogP contribution >= 0.6 is 18.6 Å². The predicted octanol–water partition coefficient (Wildman–Crippen LogP) is 7.50. The molecule has 262 valence electrons. The number of benzene rings is 6. The van der Waals surface area contributed by atoms with Crippen molar-refractivity contribution in [3.05, 3.63) is 199 Å². The lowest BCUT2D eigenvalue weighted by Crippen LogP contribution is -2.69. The topological polar surface area (TPSA) is 59.0 Å². The van der Waals surface area contributed by atoms with E-state index in [9.17, 15) is 4.79 Å². The third-order valence-electron chi connectivity index (χ3n) is 10.0. The number of fused-ring (bicyclic) bond motifs is 1. The van der Waals surface area contributed by atoms with E-state index in [2.05, 4.69) is 78.6 Å². The molecule has 3 atom stereocenters. The van der Waals surface area contributed by atoms with E-state index in [4.69, 9.17) is 9.73 Å². The minimum absolute atomic E-state index is 0.0781. The molecule has 6 aromatic rings. The third kappa shape index (κ3) is 6.81. The molecule has 2 saturated heterocycles. The maximum Gasteiger partial charge on any atom is 0.319 e. The van der Waals surface area contributed by atoms with Crippen LogP contribution in [0.2, 0.25) is 0 Å². The summed E-state index contributed by atoms with van der Waals surface area (Å²) in [4.78, 5) is 36.0. The maximum absolute atomic E-state index is 15.4. The van der Waals surface area contributed by atoms with Crippen LogP contribution in [0.15, 0.2) is 187 Å². The van der Waals surface area contributed by atoms with Gasteiger partial charge < -0.3 is 9.64 Å². The Kier molecular flexibility index (Phi) is 9.99. The summed E-state index contributed by atoms with van der Waals surface area (Å²) in [5.74, 6) is 2.30. The molecule has 7 heteroatoms. The molecule has 0 N–H and O–H groups in total. The Morgan fingerprint density at radius 2 is 1.11 bits per heavy atom. The molecule has 0 aromatic heterocycles. The fourth-order valence-electron chi connectivity index (χ4n) is 7.37. The first kappa shape index (κ1) is 34.7. The van der Waals surface area contributed by atoms with Crippen molar-refractivity contribution >= 4 is 58.4 Å². The van der Waals surface area contributed by atoms with Crippen molar-refractivity contribution in [3.8, 4) is 0 Å². The van der Waals surface area contributed by atoms with Crippen molar-refractivity contribution in [2.75, 3.05) is 12.3 Å². The molecule has 5 nitrogen and oxygen atoms in total. The van der Waals surface area contributed by atoms with Crippen LogP contribution in [-0.4, -0.2) is 52.5 Å². The van der Waals surface area contributed by atoms with Gasteiger partial charge in [-0.3, -0.25) is 14.6 Å². The predicted molar refractivity (Wildman–Crippen MR) is 220 cm³/mol. The molecule has 0 aliphatic carbocycles. The molecule has 0 spiro atoms. The number of amides is 1. The third-order valence-corrected chi connectivity index (χ3v) is 15.8. The second-order valence-corrected chi connectivity index (χ2v) is 17.8. The summed E-state index contributed by atoms with van der Waals surface area (Å²) in [6.45, 7) is -2.45. The van der Waals surface area contributed by atoms with Crippen LogP contribution < -0.4 is 15.9 Å². The van der Waals surface area contributed by atoms with Crippen molar-refractivity contribution < 1.29 is 14.3 Å². The van der Waals surface area contributed by atoms with Gasteiger partial charge in [0.15, 0.2) is 12.1 Å². The van der Waals surface area contributed by atoms with Gasteiger partial charge in [-0.1, -0.05) is 188 Å². The van der Waals surface area contributed by atoms with Gasteiger partial charge in [0.25, 0.3) is 5.91 Å². The lowest BCUT2D eigenvalue weighted by molar-refractivity contribution is -0.159. The molecule has 2 unspecified atom stereocenters. The number of carbonyl (C=O) groups is 2. The molecule has 2 aliphatic heterocycles. The van der Waals surface area contributed by atoms with Crippen LogP contribution in [0.1, 0.15) is 22.8 Å². The van der Waals surface area contributed by atoms with E-state index in [0.29, 0.717) is 5.75 Å². The minimum atomic E-state index is -2.65. The largest absolute Gasteiger partial charge is 0.452 e. The molecule has 2 aliphatic rings. The number of β-lactam (4-membered cyclic amide) rings is 1. The number of nitrogens with zero attached hydrogens (tertiary/aromatic N) is 2. The van der Waals surface area contributed by atoms with Crippen LogP contribution in [0.3, 0.4) is 0 Å². The highest BCUT2D eigenvalue weighted by Gasteiger charge is 2.58. The van der Waals surface area contributed by atoms with Crippen LogP contribution in [0, 0.1) is 5.41 Å². The number of hydrogen-bond donors (Lipinski definition) is 0. The molecular formula is C46H39N2O3PS. The van der Waals surface area contributed by atoms with Gasteiger partial charge in [-0.25, -0.2) is 0 Å². The smallest absolute Gasteiger partial charge is 0.319 e. The molecule has 0 saturated carbocycles. The Morgan fingerprint density at radius 1 is 0.679 bits per heavy atom. The lowest BCUT2D eigenvalue weighted by Gasteiger charge is -2.53. The Hall–Kier alpha value is -5.42. The van der Waals surface area contributed by atoms with Crippen molar-refractivity contribution in [3.63, 3.8) is 0 Å². The fraction of sp³-hybridized carbons (Fsp3) is 0.130. The van der Waals surface area contributed by atoms with E-state index >= 15 is 4.79 Å². The molecular weight excluding hydrogens is 692 g/mol. The molecule has 8 rings (SSSR count). The molecule has 2 heterocycles. The molecule has 0 radical (unpaired) electrons. The van der Waals surface area contributed by atoms with Gasteiger partial charge in [0.2, 0.25) is 0 Å². The Labute approximate surface area is 315 Å². The van der Waals surface area contributed by atoms with Gasteiger partial charge in [0, 0.05) is 18.5 Å². The second kappa shape index (κ2) is 15.3. The summed E-state index contributed by atoms with van der Waals surface area (Å²) >= 11 is 1.62. The van der Waals surface area contributed by atoms with Gasteiger partial charge in [-0.15, -0.1) is 11.8 Å². The first-order valence-electron chi connectivity index (χ1n) is 17.8. The number of aliphatic imine (C=N–C) groups is 1. The average molecular weight is 731 g/mol. The first-order valence-corrected chi connectivity index (χ1v) is 20.7. The quantitative estimate of drug-likeness (QED) is 0.0634. The van der Waals surface area contributed by atoms with E-state index in [1.54, 1.807) is 18.0 Å². The number of rotatable bonds is 10. The number of hydrogen-bond acceptors (Lipinski definition) is 5. The molecule has 1 amide bonds. The van der Waals surface area contributed by atoms with Crippen molar-refractivity contribution in [1.29, 1.82) is 0 Å². The van der Waals surface area contributed by atoms with Crippen LogP contribution in [-0.2, 0) is 14.3 Å². The van der Waals surface area contributed by atoms with E-state index < -0.39 is 24.4 Å². The lowest BCUT2D eigenvalue weighted by atomic mass is 9.89. The molecule has 53 heavy (non-hydrogen) atoms. The maximum atomic E-state index is 15.4. The molecule has 0 bridgehead atoms. The van der Waals surface area contributed by atoms with E-state index in [1.807, 2.05) is 114 Å². The highest BCUT2D eigenvalue weighted by atomic mass is 32.2. The van der Waals surface area contributed by atoms with Gasteiger partial charge in [0.1, 0.15) is 10.8 Å². The van der Waals surface area contributed by atoms with Gasteiger partial charge >= 0.3 is 5.97 Å². The van der Waals surface area contributed by atoms with Crippen LogP contribution in [0.4, 0.5) is 0 Å². The van der Waals surface area contributed by atoms with Crippen molar-refractivity contribution in [2.45, 2.75) is 17.5 Å². The Bertz CT molecular complexity index is 2110. The summed E-state index contributed by atoms with van der Waals surface area (Å²) in [5, 5.41) is 3.20. The standard InChI is InChI=1S/C46H39N2O3PS/c49-43-41(47-31-35-19-7-1-8-20-35)44-48(43)32-46(34-53-44,45(50)51-42(36-21-9-2-10-22-36)37-23-11-3-12-24-37)33-52(38-25-13-4-14-26-38,39-27-15-5-16-28-39)40-29-17-6-18-30-40/h1-31,33,41-42,44H,32,34H2/t41?,44-,46?/m1/s1. The van der Waals surface area contributed by atoms with Crippen LogP contribution in [0.5, 0.6) is 0 Å². The molecule has 6 aromatic carbocycles. The van der Waals surface area contributed by atoms with Crippen molar-refractivity contribution in [1.82, 2.24) is 4.90 Å². The van der Waals surface area contributed by atoms with E-state index in [-0.39, 0.29) is 23.8 Å². The number of carbonyl (C=O) groups excluding carboxylic acids is 2. The summed E-state index contributed by atoms with van der Waals surface area (Å²) in [6.07, 6.45) is 1.15. The summed E-state index contributed by atoms with van der Waals surface area (Å²) in [7, 11) is 0. The fourth-order valence-corrected chi connectivity index (χ4v) is 13.3. The molecule has 2 fully saturated rings. The normalized spacial score (nSPS) is 19.7. The van der Waals surface area contributed by atoms with E-state index in [0.717, 1.165) is 32.6 Å². The minimum Gasteiger partial charge on any atom is -0.452 e. The van der Waals surface area contributed by atoms with Crippen LogP contribution in [0.25, 0.3) is 0 Å². The summed E-state index contributed by atoms with van der Waals surface area (Å²) in [6, 6.07) is 60.6. The Balaban J connectivity index is 1.29. The van der Waals surface area contributed by atoms with E-state index in [1.165, 1.54) is 0 Å². The highest BCUT2D eigenvalue weighted by Crippen LogP contribution is 2.51. The van der Waals surface area contributed by atoms with Gasteiger partial charge in [-0.2, -0.15) is 0 Å². The number of ether oxygens (including phenoxy) is 1. The number of esters is 1. The monoisotopic (exact) mass is 730 g/mol. The summed E-state index contributed by atoms with van der Waals surface area (Å²) in [5.41, 5.74) is 1.55. The first-order chi connectivity index (χ1) is 26.1. The zero-order valence-electron chi connectivity index (χ0n) is 29.1. The Morgan fingerprint density at radius 3 is 1.58 bits per heavy atom. The number of thioether (sulfide) groups is 1. The second-order valence-electron chi connectivity index (χ2n) is 13.4. The zero-order valence-corrected chi connectivity index (χ0v) is 30.8. The highest BCUT2D eigenvalue weighted by molar-refractivity contribution is 8.00.